The quantitative estimate of drug-likeness (QED) is 0.615. The molecule has 0 aliphatic carbocycles. The van der Waals surface area contributed by atoms with Crippen molar-refractivity contribution < 1.29 is 27.6 Å². The number of piperidine rings is 1. The Labute approximate surface area is 185 Å². The minimum atomic E-state index is -4.72. The second-order valence-electron chi connectivity index (χ2n) is 7.91. The number of alkyl halides is 3. The number of amides is 3. The molecular weight excluding hydrogens is 437 g/mol. The molecule has 3 aromatic rings. The van der Waals surface area contributed by atoms with Crippen LogP contribution in [-0.4, -0.2) is 38.2 Å². The standard InChI is InChI=1S/C23H17F3N4O3/c24-23(25,26)30-18(13-4-2-1-3-5-13)11-27-20(30)14-6-7-16-15(10-14)12-29(22(16)33)17-8-9-19(31)28-21(17)32/h1-7,10-11,17H,8-9,12H2,(H,28,31,32). The number of rotatable bonds is 3. The maximum absolute atomic E-state index is 14.0. The number of imidazole rings is 1. The molecule has 1 N–H and O–H groups in total. The number of hydrogen-bond donors (Lipinski definition) is 1. The van der Waals surface area contributed by atoms with Crippen molar-refractivity contribution in [2.45, 2.75) is 31.7 Å². The summed E-state index contributed by atoms with van der Waals surface area (Å²) < 4.78 is 42.3. The van der Waals surface area contributed by atoms with Crippen LogP contribution in [0.2, 0.25) is 0 Å². The molecule has 7 nitrogen and oxygen atoms in total. The SMILES string of the molecule is O=C1CCC(N2Cc3cc(-c4ncc(-c5ccccc5)n4C(F)(F)F)ccc3C2=O)C(=O)N1. The van der Waals surface area contributed by atoms with Gasteiger partial charge in [-0.05, 0) is 24.1 Å². The number of imide groups is 1. The van der Waals surface area contributed by atoms with Crippen LogP contribution < -0.4 is 5.32 Å². The van der Waals surface area contributed by atoms with E-state index in [1.165, 1.54) is 29.3 Å². The lowest BCUT2D eigenvalue weighted by Gasteiger charge is -2.29. The summed E-state index contributed by atoms with van der Waals surface area (Å²) in [6.45, 7) is 0.0621. The Hall–Kier alpha value is -3.95. The fraction of sp³-hybridized carbons (Fsp3) is 0.217. The van der Waals surface area contributed by atoms with Gasteiger partial charge in [-0.15, -0.1) is 13.2 Å². The van der Waals surface area contributed by atoms with Gasteiger partial charge >= 0.3 is 6.30 Å². The lowest BCUT2D eigenvalue weighted by Crippen LogP contribution is -2.52. The number of nitrogens with one attached hydrogen (secondary N) is 1. The molecule has 2 aliphatic rings. The highest BCUT2D eigenvalue weighted by molar-refractivity contribution is 6.05. The van der Waals surface area contributed by atoms with Crippen LogP contribution in [0.1, 0.15) is 28.8 Å². The van der Waals surface area contributed by atoms with E-state index in [9.17, 15) is 27.6 Å². The van der Waals surface area contributed by atoms with Crippen LogP contribution in [0.25, 0.3) is 22.6 Å². The molecule has 10 heteroatoms. The van der Waals surface area contributed by atoms with Gasteiger partial charge < -0.3 is 4.90 Å². The molecule has 0 bridgehead atoms. The first-order valence-electron chi connectivity index (χ1n) is 10.2. The molecule has 0 saturated carbocycles. The Morgan fingerprint density at radius 2 is 1.76 bits per heavy atom. The van der Waals surface area contributed by atoms with Gasteiger partial charge in [-0.3, -0.25) is 19.7 Å². The van der Waals surface area contributed by atoms with Gasteiger partial charge in [0.15, 0.2) is 0 Å². The second-order valence-corrected chi connectivity index (χ2v) is 7.91. The number of halogens is 3. The lowest BCUT2D eigenvalue weighted by atomic mass is 10.0. The molecule has 1 atom stereocenters. The van der Waals surface area contributed by atoms with Gasteiger partial charge in [-0.25, -0.2) is 9.55 Å². The monoisotopic (exact) mass is 454 g/mol. The molecule has 1 unspecified atom stereocenters. The van der Waals surface area contributed by atoms with Gasteiger partial charge in [-0.2, -0.15) is 0 Å². The molecule has 1 saturated heterocycles. The fourth-order valence-corrected chi connectivity index (χ4v) is 4.34. The normalized spacial score (nSPS) is 18.5. The van der Waals surface area contributed by atoms with Crippen molar-refractivity contribution in [2.75, 3.05) is 0 Å². The maximum atomic E-state index is 14.0. The van der Waals surface area contributed by atoms with Gasteiger partial charge in [-0.1, -0.05) is 36.4 Å². The van der Waals surface area contributed by atoms with Crippen molar-refractivity contribution in [3.63, 3.8) is 0 Å². The predicted molar refractivity (Wildman–Crippen MR) is 110 cm³/mol. The minimum absolute atomic E-state index is 0.0621. The zero-order chi connectivity index (χ0) is 23.3. The zero-order valence-electron chi connectivity index (χ0n) is 17.1. The number of aromatic nitrogens is 2. The first kappa shape index (κ1) is 20.9. The molecule has 3 heterocycles. The van der Waals surface area contributed by atoms with Crippen LogP contribution in [0.15, 0.2) is 54.7 Å². The summed E-state index contributed by atoms with van der Waals surface area (Å²) in [7, 11) is 0. The third-order valence-corrected chi connectivity index (χ3v) is 5.87. The highest BCUT2D eigenvalue weighted by atomic mass is 19.4. The van der Waals surface area contributed by atoms with Crippen molar-refractivity contribution >= 4 is 17.7 Å². The number of carbonyl (C=O) groups excluding carboxylic acids is 3. The third kappa shape index (κ3) is 3.57. The second kappa shape index (κ2) is 7.58. The largest absolute Gasteiger partial charge is 0.490 e. The van der Waals surface area contributed by atoms with E-state index in [-0.39, 0.29) is 41.0 Å². The topological polar surface area (TPSA) is 84.3 Å². The number of nitrogens with zero attached hydrogens (tertiary/aromatic N) is 3. The molecule has 168 valence electrons. The summed E-state index contributed by atoms with van der Waals surface area (Å²) in [6, 6.07) is 11.7. The summed E-state index contributed by atoms with van der Waals surface area (Å²) in [5, 5.41) is 2.22. The Bertz CT molecular complexity index is 1280. The van der Waals surface area contributed by atoms with E-state index in [1.54, 1.807) is 30.3 Å². The highest BCUT2D eigenvalue weighted by Gasteiger charge is 2.40. The van der Waals surface area contributed by atoms with Crippen LogP contribution in [0, 0.1) is 0 Å². The van der Waals surface area contributed by atoms with Gasteiger partial charge in [0, 0.05) is 29.7 Å². The van der Waals surface area contributed by atoms with E-state index in [4.69, 9.17) is 0 Å². The summed E-state index contributed by atoms with van der Waals surface area (Å²) in [4.78, 5) is 41.9. The molecule has 0 spiro atoms. The number of fused-ring (bicyclic) bond motifs is 1. The van der Waals surface area contributed by atoms with Crippen molar-refractivity contribution in [1.29, 1.82) is 0 Å². The van der Waals surface area contributed by atoms with E-state index in [1.807, 2.05) is 0 Å². The molecule has 2 aliphatic heterocycles. The number of hydrogen-bond acceptors (Lipinski definition) is 4. The third-order valence-electron chi connectivity index (χ3n) is 5.87. The van der Waals surface area contributed by atoms with Crippen LogP contribution in [0.3, 0.4) is 0 Å². The molecule has 3 amide bonds. The van der Waals surface area contributed by atoms with Crippen LogP contribution in [0.4, 0.5) is 13.2 Å². The number of benzene rings is 2. The summed E-state index contributed by atoms with van der Waals surface area (Å²) in [5.74, 6) is -1.63. The molecule has 33 heavy (non-hydrogen) atoms. The Balaban J connectivity index is 1.52. The molecule has 2 aromatic carbocycles. The maximum Gasteiger partial charge on any atom is 0.490 e. The van der Waals surface area contributed by atoms with E-state index < -0.39 is 30.1 Å². The average molecular weight is 454 g/mol. The highest BCUT2D eigenvalue weighted by Crippen LogP contribution is 2.37. The van der Waals surface area contributed by atoms with E-state index >= 15 is 0 Å². The average Bonchev–Trinajstić information content (AvgIpc) is 3.36. The molecule has 1 fully saturated rings. The summed E-state index contributed by atoms with van der Waals surface area (Å²) in [5.41, 5.74) is 1.29. The fourth-order valence-electron chi connectivity index (χ4n) is 4.34. The van der Waals surface area contributed by atoms with Crippen LogP contribution in [-0.2, 0) is 22.4 Å². The smallest absolute Gasteiger partial charge is 0.322 e. The number of carbonyl (C=O) groups is 3. The molecule has 0 radical (unpaired) electrons. The summed E-state index contributed by atoms with van der Waals surface area (Å²) in [6.07, 6.45) is -3.22. The van der Waals surface area contributed by atoms with Crippen LogP contribution >= 0.6 is 0 Å². The molecule has 5 rings (SSSR count). The van der Waals surface area contributed by atoms with Crippen molar-refractivity contribution in [1.82, 2.24) is 19.8 Å². The van der Waals surface area contributed by atoms with Crippen molar-refractivity contribution in [2.24, 2.45) is 0 Å². The Kier molecular flexibility index (Phi) is 4.80. The molecule has 1 aromatic heterocycles. The molecular formula is C23H17F3N4O3. The Morgan fingerprint density at radius 3 is 2.45 bits per heavy atom. The Morgan fingerprint density at radius 1 is 1.00 bits per heavy atom. The van der Waals surface area contributed by atoms with Gasteiger partial charge in [0.2, 0.25) is 11.8 Å². The first-order chi connectivity index (χ1) is 15.7. The predicted octanol–water partition coefficient (Wildman–Crippen LogP) is 3.45. The van der Waals surface area contributed by atoms with E-state index in [2.05, 4.69) is 10.3 Å². The minimum Gasteiger partial charge on any atom is -0.322 e. The zero-order valence-corrected chi connectivity index (χ0v) is 17.1. The van der Waals surface area contributed by atoms with Gasteiger partial charge in [0.25, 0.3) is 5.91 Å². The van der Waals surface area contributed by atoms with Gasteiger partial charge in [0.05, 0.1) is 11.9 Å². The first-order valence-corrected chi connectivity index (χ1v) is 10.2. The lowest BCUT2D eigenvalue weighted by molar-refractivity contribution is -0.201. The van der Waals surface area contributed by atoms with Crippen molar-refractivity contribution in [3.8, 4) is 22.6 Å². The van der Waals surface area contributed by atoms with Crippen molar-refractivity contribution in [3.05, 3.63) is 65.9 Å². The summed E-state index contributed by atoms with van der Waals surface area (Å²) >= 11 is 0. The van der Waals surface area contributed by atoms with Gasteiger partial charge in [0.1, 0.15) is 11.9 Å². The van der Waals surface area contributed by atoms with Crippen LogP contribution in [0.5, 0.6) is 0 Å². The van der Waals surface area contributed by atoms with E-state index in [0.717, 1.165) is 0 Å². The van der Waals surface area contributed by atoms with E-state index in [0.29, 0.717) is 16.7 Å².